The monoisotopic (exact) mass is 250 g/mol. The van der Waals surface area contributed by atoms with Gasteiger partial charge in [0.2, 0.25) is 0 Å². The molecule has 2 rings (SSSR count). The van der Waals surface area contributed by atoms with Gasteiger partial charge in [0, 0.05) is 6.04 Å². The van der Waals surface area contributed by atoms with E-state index in [1.54, 1.807) is 17.4 Å². The molecular formula is C13H15FN2S. The number of hydrogen-bond donors (Lipinski definition) is 2. The molecule has 1 heterocycles. The largest absolute Gasteiger partial charge is 0.397 e. The highest BCUT2D eigenvalue weighted by molar-refractivity contribution is 7.07. The van der Waals surface area contributed by atoms with Crippen molar-refractivity contribution in [1.82, 2.24) is 0 Å². The van der Waals surface area contributed by atoms with E-state index < -0.39 is 0 Å². The maximum atomic E-state index is 12.9. The Hall–Kier alpha value is -1.55. The van der Waals surface area contributed by atoms with E-state index in [-0.39, 0.29) is 11.9 Å². The normalized spacial score (nSPS) is 12.4. The van der Waals surface area contributed by atoms with Crippen LogP contribution < -0.4 is 11.1 Å². The molecule has 1 atom stereocenters. The molecule has 1 unspecified atom stereocenters. The van der Waals surface area contributed by atoms with E-state index in [9.17, 15) is 4.39 Å². The minimum absolute atomic E-state index is 0.261. The third-order valence-electron chi connectivity index (χ3n) is 2.54. The van der Waals surface area contributed by atoms with Crippen molar-refractivity contribution in [3.63, 3.8) is 0 Å². The zero-order valence-corrected chi connectivity index (χ0v) is 10.4. The first kappa shape index (κ1) is 11.9. The number of benzene rings is 1. The SMILES string of the molecule is CC(Cc1ccsc1)Nc1ccc(F)cc1N. The van der Waals surface area contributed by atoms with Gasteiger partial charge in [-0.1, -0.05) is 0 Å². The topological polar surface area (TPSA) is 38.0 Å². The summed E-state index contributed by atoms with van der Waals surface area (Å²) >= 11 is 1.69. The Balaban J connectivity index is 2.00. The molecular weight excluding hydrogens is 235 g/mol. The van der Waals surface area contributed by atoms with Crippen molar-refractivity contribution in [2.45, 2.75) is 19.4 Å². The third-order valence-corrected chi connectivity index (χ3v) is 3.27. The number of rotatable bonds is 4. The van der Waals surface area contributed by atoms with Crippen LogP contribution in [0.4, 0.5) is 15.8 Å². The molecule has 3 N–H and O–H groups in total. The van der Waals surface area contributed by atoms with Crippen LogP contribution in [-0.4, -0.2) is 6.04 Å². The van der Waals surface area contributed by atoms with E-state index in [0.29, 0.717) is 5.69 Å². The Kier molecular flexibility index (Phi) is 3.64. The minimum Gasteiger partial charge on any atom is -0.397 e. The zero-order valence-electron chi connectivity index (χ0n) is 9.61. The second kappa shape index (κ2) is 5.19. The molecule has 0 amide bonds. The van der Waals surface area contributed by atoms with Crippen molar-refractivity contribution in [2.24, 2.45) is 0 Å². The molecule has 0 aliphatic rings. The number of anilines is 2. The van der Waals surface area contributed by atoms with Crippen LogP contribution in [0.15, 0.2) is 35.0 Å². The second-order valence-corrected chi connectivity index (χ2v) is 4.89. The molecule has 2 aromatic rings. The maximum absolute atomic E-state index is 12.9. The van der Waals surface area contributed by atoms with Crippen LogP contribution >= 0.6 is 11.3 Å². The molecule has 0 bridgehead atoms. The summed E-state index contributed by atoms with van der Waals surface area (Å²) < 4.78 is 12.9. The van der Waals surface area contributed by atoms with Crippen molar-refractivity contribution < 1.29 is 4.39 Å². The number of thiophene rings is 1. The van der Waals surface area contributed by atoms with Crippen LogP contribution in [0.25, 0.3) is 0 Å². The first-order chi connectivity index (χ1) is 8.15. The van der Waals surface area contributed by atoms with Gasteiger partial charge in [-0.3, -0.25) is 0 Å². The number of hydrogen-bond acceptors (Lipinski definition) is 3. The Bertz CT molecular complexity index is 482. The molecule has 0 aliphatic heterocycles. The second-order valence-electron chi connectivity index (χ2n) is 4.11. The van der Waals surface area contributed by atoms with E-state index in [4.69, 9.17) is 5.73 Å². The highest BCUT2D eigenvalue weighted by Gasteiger charge is 2.06. The summed E-state index contributed by atoms with van der Waals surface area (Å²) in [5.41, 5.74) is 8.28. The van der Waals surface area contributed by atoms with Gasteiger partial charge in [0.05, 0.1) is 11.4 Å². The molecule has 0 aliphatic carbocycles. The molecule has 0 fully saturated rings. The van der Waals surface area contributed by atoms with Crippen molar-refractivity contribution >= 4 is 22.7 Å². The average Bonchev–Trinajstić information content (AvgIpc) is 2.75. The van der Waals surface area contributed by atoms with E-state index >= 15 is 0 Å². The van der Waals surface area contributed by atoms with Gasteiger partial charge < -0.3 is 11.1 Å². The van der Waals surface area contributed by atoms with Gasteiger partial charge in [-0.2, -0.15) is 11.3 Å². The van der Waals surface area contributed by atoms with Crippen molar-refractivity contribution in [2.75, 3.05) is 11.1 Å². The highest BCUT2D eigenvalue weighted by Crippen LogP contribution is 2.21. The summed E-state index contributed by atoms with van der Waals surface area (Å²) in [6.07, 6.45) is 0.931. The molecule has 90 valence electrons. The van der Waals surface area contributed by atoms with Crippen molar-refractivity contribution in [3.05, 3.63) is 46.4 Å². The average molecular weight is 250 g/mol. The summed E-state index contributed by atoms with van der Waals surface area (Å²) in [7, 11) is 0. The fourth-order valence-corrected chi connectivity index (χ4v) is 2.43. The fourth-order valence-electron chi connectivity index (χ4n) is 1.74. The highest BCUT2D eigenvalue weighted by atomic mass is 32.1. The Morgan fingerprint density at radius 2 is 2.24 bits per heavy atom. The fraction of sp³-hybridized carbons (Fsp3) is 0.231. The predicted octanol–water partition coefficient (Wildman–Crippen LogP) is 3.51. The van der Waals surface area contributed by atoms with Crippen molar-refractivity contribution in [3.8, 4) is 0 Å². The number of nitrogen functional groups attached to an aromatic ring is 1. The van der Waals surface area contributed by atoms with Gasteiger partial charge in [-0.15, -0.1) is 0 Å². The molecule has 0 spiro atoms. The van der Waals surface area contributed by atoms with Gasteiger partial charge in [-0.25, -0.2) is 4.39 Å². The lowest BCUT2D eigenvalue weighted by atomic mass is 10.1. The van der Waals surface area contributed by atoms with E-state index in [0.717, 1.165) is 12.1 Å². The molecule has 1 aromatic carbocycles. The summed E-state index contributed by atoms with van der Waals surface area (Å²) in [5.74, 6) is -0.307. The Morgan fingerprint density at radius 3 is 2.88 bits per heavy atom. The minimum atomic E-state index is -0.307. The lowest BCUT2D eigenvalue weighted by molar-refractivity contribution is 0.628. The van der Waals surface area contributed by atoms with Crippen LogP contribution in [0.5, 0.6) is 0 Å². The van der Waals surface area contributed by atoms with Crippen LogP contribution in [0.3, 0.4) is 0 Å². The van der Waals surface area contributed by atoms with E-state index in [1.165, 1.54) is 17.7 Å². The van der Waals surface area contributed by atoms with Crippen LogP contribution in [0.1, 0.15) is 12.5 Å². The lowest BCUT2D eigenvalue weighted by Gasteiger charge is -2.16. The molecule has 0 radical (unpaired) electrons. The number of halogens is 1. The van der Waals surface area contributed by atoms with Gasteiger partial charge >= 0.3 is 0 Å². The Morgan fingerprint density at radius 1 is 1.41 bits per heavy atom. The van der Waals surface area contributed by atoms with Gasteiger partial charge in [0.15, 0.2) is 0 Å². The van der Waals surface area contributed by atoms with Crippen molar-refractivity contribution in [1.29, 1.82) is 0 Å². The molecule has 17 heavy (non-hydrogen) atoms. The van der Waals surface area contributed by atoms with Gasteiger partial charge in [0.1, 0.15) is 5.82 Å². The first-order valence-electron chi connectivity index (χ1n) is 5.48. The standard InChI is InChI=1S/C13H15FN2S/c1-9(6-10-4-5-17-8-10)16-13-3-2-11(14)7-12(13)15/h2-5,7-9,16H,6,15H2,1H3. The first-order valence-corrected chi connectivity index (χ1v) is 6.42. The van der Waals surface area contributed by atoms with Crippen LogP contribution in [0, 0.1) is 5.82 Å². The predicted molar refractivity (Wildman–Crippen MR) is 71.9 cm³/mol. The molecule has 4 heteroatoms. The summed E-state index contributed by atoms with van der Waals surface area (Å²) in [6.45, 7) is 2.08. The number of nitrogens with two attached hydrogens (primary N) is 1. The zero-order chi connectivity index (χ0) is 12.3. The van der Waals surface area contributed by atoms with Crippen LogP contribution in [0.2, 0.25) is 0 Å². The maximum Gasteiger partial charge on any atom is 0.125 e. The van der Waals surface area contributed by atoms with Gasteiger partial charge in [-0.05, 0) is 53.9 Å². The number of nitrogens with one attached hydrogen (secondary N) is 1. The smallest absolute Gasteiger partial charge is 0.125 e. The molecule has 0 saturated carbocycles. The molecule has 1 aromatic heterocycles. The Labute approximate surface area is 104 Å². The molecule has 0 saturated heterocycles. The van der Waals surface area contributed by atoms with Gasteiger partial charge in [0.25, 0.3) is 0 Å². The third kappa shape index (κ3) is 3.20. The van der Waals surface area contributed by atoms with E-state index in [2.05, 4.69) is 29.1 Å². The summed E-state index contributed by atoms with van der Waals surface area (Å²) in [4.78, 5) is 0. The van der Waals surface area contributed by atoms with E-state index in [1.807, 2.05) is 0 Å². The quantitative estimate of drug-likeness (QED) is 0.815. The van der Waals surface area contributed by atoms with Crippen LogP contribution in [-0.2, 0) is 6.42 Å². The summed E-state index contributed by atoms with van der Waals surface area (Å²) in [6, 6.07) is 6.79. The molecule has 2 nitrogen and oxygen atoms in total. The lowest BCUT2D eigenvalue weighted by Crippen LogP contribution is -2.18. The summed E-state index contributed by atoms with van der Waals surface area (Å²) in [5, 5.41) is 7.48.